The fourth-order valence-corrected chi connectivity index (χ4v) is 4.31. The first kappa shape index (κ1) is 33.0. The quantitative estimate of drug-likeness (QED) is 0.166. The monoisotopic (exact) mass is 518 g/mol. The number of ether oxygens (including phenoxy) is 2. The van der Waals surface area contributed by atoms with E-state index in [1.54, 1.807) is 0 Å². The van der Waals surface area contributed by atoms with E-state index < -0.39 is 0 Å². The Kier molecular flexibility index (Phi) is 15.1. The molecule has 0 saturated carbocycles. The summed E-state index contributed by atoms with van der Waals surface area (Å²) in [6.07, 6.45) is 19.8. The minimum atomic E-state index is -0.163. The second-order valence-electron chi connectivity index (χ2n) is 10.3. The molecule has 0 radical (unpaired) electrons. The van der Waals surface area contributed by atoms with Crippen molar-refractivity contribution < 1.29 is 14.3 Å². The van der Waals surface area contributed by atoms with E-state index in [2.05, 4.69) is 65.0 Å². The molecule has 2 rings (SSSR count). The Labute approximate surface area is 232 Å². The van der Waals surface area contributed by atoms with Gasteiger partial charge in [0.25, 0.3) is 0 Å². The van der Waals surface area contributed by atoms with Gasteiger partial charge in [-0.05, 0) is 99.8 Å². The number of hydrogen-bond acceptors (Lipinski definition) is 3. The van der Waals surface area contributed by atoms with Crippen molar-refractivity contribution in [2.75, 3.05) is 0 Å². The molecule has 208 valence electrons. The van der Waals surface area contributed by atoms with Crippen LogP contribution in [0.4, 0.5) is 0 Å². The molecular weight excluding hydrogens is 468 g/mol. The van der Waals surface area contributed by atoms with Gasteiger partial charge >= 0.3 is 5.97 Å². The van der Waals surface area contributed by atoms with E-state index in [4.69, 9.17) is 9.47 Å². The van der Waals surface area contributed by atoms with Gasteiger partial charge in [-0.2, -0.15) is 0 Å². The summed E-state index contributed by atoms with van der Waals surface area (Å²) in [6, 6.07) is 7.64. The van der Waals surface area contributed by atoms with Crippen LogP contribution in [0.1, 0.15) is 100.0 Å². The first-order valence-electron chi connectivity index (χ1n) is 14.1. The zero-order valence-corrected chi connectivity index (χ0v) is 25.3. The van der Waals surface area contributed by atoms with Crippen molar-refractivity contribution >= 4 is 5.97 Å². The minimum absolute atomic E-state index is 0.163. The number of hydrogen-bond donors (Lipinski definition) is 0. The molecule has 38 heavy (non-hydrogen) atoms. The molecular formula is C35H50O3. The van der Waals surface area contributed by atoms with Crippen LogP contribution in [0.2, 0.25) is 0 Å². The van der Waals surface area contributed by atoms with Crippen molar-refractivity contribution in [2.45, 2.75) is 101 Å². The van der Waals surface area contributed by atoms with Crippen molar-refractivity contribution in [3.8, 4) is 5.75 Å². The molecule has 0 amide bonds. The minimum Gasteiger partial charge on any atom is -0.461 e. The number of carbonyl (C=O) groups excluding carboxylic acids is 1. The maximum atomic E-state index is 11.5. The van der Waals surface area contributed by atoms with Crippen LogP contribution in [0.3, 0.4) is 0 Å². The van der Waals surface area contributed by atoms with Crippen LogP contribution in [0, 0.1) is 5.41 Å². The molecule has 0 aromatic heterocycles. The van der Waals surface area contributed by atoms with Gasteiger partial charge in [-0.3, -0.25) is 4.79 Å². The Balaban J connectivity index is 0.00000352. The molecule has 0 aliphatic heterocycles. The van der Waals surface area contributed by atoms with Crippen molar-refractivity contribution in [1.29, 1.82) is 0 Å². The summed E-state index contributed by atoms with van der Waals surface area (Å²) in [7, 11) is 0. The highest BCUT2D eigenvalue weighted by Gasteiger charge is 2.26. The van der Waals surface area contributed by atoms with Crippen LogP contribution in [0.15, 0.2) is 94.8 Å². The van der Waals surface area contributed by atoms with Crippen molar-refractivity contribution in [3.05, 3.63) is 100 Å². The van der Waals surface area contributed by atoms with E-state index in [9.17, 15) is 4.79 Å². The van der Waals surface area contributed by atoms with Crippen molar-refractivity contribution in [2.24, 2.45) is 5.41 Å². The Morgan fingerprint density at radius 1 is 1.05 bits per heavy atom. The van der Waals surface area contributed by atoms with Gasteiger partial charge in [-0.25, -0.2) is 0 Å². The van der Waals surface area contributed by atoms with Crippen LogP contribution in [-0.4, -0.2) is 5.97 Å². The van der Waals surface area contributed by atoms with Gasteiger partial charge < -0.3 is 9.47 Å². The standard InChI is InChI=1S/C33H44O3.C2H6/c1-8-12-32(34)35-24-28-17-19-30(20-18-28)36-29(9-2)23-26(4)14-10-13-25(3)16-21-31-27(5)15-11-22-33(31,6)7;1-2/h9-10,13-14,16-21,23H,8,11-12,15,22,24H2,1-7H3;1-2H3/b14-10+,21-16+,25-13+,26-23+,29-9-;. The van der Waals surface area contributed by atoms with Crippen LogP contribution in [0.25, 0.3) is 0 Å². The largest absolute Gasteiger partial charge is 0.461 e. The van der Waals surface area contributed by atoms with Gasteiger partial charge in [0.05, 0.1) is 0 Å². The summed E-state index contributed by atoms with van der Waals surface area (Å²) in [5, 5.41) is 0. The van der Waals surface area contributed by atoms with Gasteiger partial charge in [0.15, 0.2) is 0 Å². The van der Waals surface area contributed by atoms with E-state index in [0.29, 0.717) is 6.42 Å². The maximum absolute atomic E-state index is 11.5. The fourth-order valence-electron chi connectivity index (χ4n) is 4.31. The number of benzene rings is 1. The van der Waals surface area contributed by atoms with E-state index in [1.807, 2.05) is 64.1 Å². The summed E-state index contributed by atoms with van der Waals surface area (Å²) in [4.78, 5) is 11.5. The lowest BCUT2D eigenvalue weighted by molar-refractivity contribution is -0.144. The van der Waals surface area contributed by atoms with Gasteiger partial charge in [-0.15, -0.1) is 0 Å². The molecule has 0 unspecified atom stereocenters. The third-order valence-electron chi connectivity index (χ3n) is 6.44. The van der Waals surface area contributed by atoms with Gasteiger partial charge in [0.2, 0.25) is 0 Å². The summed E-state index contributed by atoms with van der Waals surface area (Å²) in [5.41, 5.74) is 6.54. The molecule has 0 N–H and O–H groups in total. The normalized spacial score (nSPS) is 16.5. The molecule has 3 nitrogen and oxygen atoms in total. The third-order valence-corrected chi connectivity index (χ3v) is 6.44. The zero-order chi connectivity index (χ0) is 28.6. The van der Waals surface area contributed by atoms with E-state index >= 15 is 0 Å². The van der Waals surface area contributed by atoms with Gasteiger partial charge in [-0.1, -0.05) is 88.3 Å². The zero-order valence-electron chi connectivity index (χ0n) is 25.3. The van der Waals surface area contributed by atoms with Crippen LogP contribution in [-0.2, 0) is 16.1 Å². The second-order valence-corrected chi connectivity index (χ2v) is 10.3. The Hall–Kier alpha value is -3.07. The first-order valence-corrected chi connectivity index (χ1v) is 14.1. The smallest absolute Gasteiger partial charge is 0.306 e. The van der Waals surface area contributed by atoms with Crippen LogP contribution < -0.4 is 4.74 Å². The average molecular weight is 519 g/mol. The summed E-state index contributed by atoms with van der Waals surface area (Å²) >= 11 is 0. The molecule has 0 spiro atoms. The molecule has 0 heterocycles. The number of rotatable bonds is 11. The van der Waals surface area contributed by atoms with Gasteiger partial charge in [0, 0.05) is 6.42 Å². The predicted molar refractivity (Wildman–Crippen MR) is 163 cm³/mol. The first-order chi connectivity index (χ1) is 18.1. The average Bonchev–Trinajstić information content (AvgIpc) is 2.88. The summed E-state index contributed by atoms with van der Waals surface area (Å²) in [5.74, 6) is 1.36. The molecule has 3 heteroatoms. The van der Waals surface area contributed by atoms with E-state index in [-0.39, 0.29) is 18.0 Å². The molecule has 0 fully saturated rings. The third kappa shape index (κ3) is 12.0. The Bertz CT molecular complexity index is 1060. The Morgan fingerprint density at radius 3 is 2.34 bits per heavy atom. The molecule has 0 bridgehead atoms. The SMILES string of the molecule is C/C=C(/C=C(C)/C=C/C=C(C)/C=C/C1=C(C)CCCC1(C)C)Oc1ccc(COC(=O)CCC)cc1.CC. The highest BCUT2D eigenvalue weighted by atomic mass is 16.5. The number of allylic oxidation sites excluding steroid dienone is 11. The maximum Gasteiger partial charge on any atom is 0.306 e. The highest BCUT2D eigenvalue weighted by Crippen LogP contribution is 2.40. The molecule has 1 aliphatic rings. The van der Waals surface area contributed by atoms with Crippen LogP contribution >= 0.6 is 0 Å². The number of carbonyl (C=O) groups is 1. The summed E-state index contributed by atoms with van der Waals surface area (Å²) < 4.78 is 11.3. The number of esters is 1. The van der Waals surface area contributed by atoms with Crippen molar-refractivity contribution in [3.63, 3.8) is 0 Å². The Morgan fingerprint density at radius 2 is 1.74 bits per heavy atom. The van der Waals surface area contributed by atoms with Crippen LogP contribution in [0.5, 0.6) is 5.75 Å². The molecule has 1 aromatic rings. The fraction of sp³-hybridized carbons (Fsp3) is 0.457. The van der Waals surface area contributed by atoms with E-state index in [0.717, 1.165) is 29.1 Å². The molecule has 1 aliphatic carbocycles. The lowest BCUT2D eigenvalue weighted by Gasteiger charge is -2.32. The highest BCUT2D eigenvalue weighted by molar-refractivity contribution is 5.69. The van der Waals surface area contributed by atoms with E-state index in [1.165, 1.54) is 36.0 Å². The lowest BCUT2D eigenvalue weighted by Crippen LogP contribution is -2.19. The second kappa shape index (κ2) is 17.4. The predicted octanol–water partition coefficient (Wildman–Crippen LogP) is 10.4. The topological polar surface area (TPSA) is 35.5 Å². The molecule has 1 aromatic carbocycles. The lowest BCUT2D eigenvalue weighted by atomic mass is 9.72. The van der Waals surface area contributed by atoms with Crippen molar-refractivity contribution in [1.82, 2.24) is 0 Å². The van der Waals surface area contributed by atoms with Gasteiger partial charge in [0.1, 0.15) is 18.1 Å². The molecule has 0 saturated heterocycles. The molecule has 0 atom stereocenters. The summed E-state index contributed by atoms with van der Waals surface area (Å²) in [6.45, 7) is 19.4.